The summed E-state index contributed by atoms with van der Waals surface area (Å²) in [6.45, 7) is 2.17. The lowest BCUT2D eigenvalue weighted by atomic mass is 10.3. The molecule has 2 aromatic rings. The molecule has 7 heteroatoms. The van der Waals surface area contributed by atoms with Gasteiger partial charge in [0.2, 0.25) is 0 Å². The number of methoxy groups -OCH3 is 1. The van der Waals surface area contributed by atoms with Crippen LogP contribution >= 0.6 is 11.6 Å². The highest BCUT2D eigenvalue weighted by molar-refractivity contribution is 6.29. The lowest BCUT2D eigenvalue weighted by molar-refractivity contribution is 0.178. The molecular weight excluding hydrogens is 278 g/mol. The van der Waals surface area contributed by atoms with E-state index in [0.29, 0.717) is 17.6 Å². The predicted molar refractivity (Wildman–Crippen MR) is 77.7 cm³/mol. The maximum Gasteiger partial charge on any atom is 0.158 e. The minimum Gasteiger partial charge on any atom is -0.377 e. The van der Waals surface area contributed by atoms with Gasteiger partial charge in [0.25, 0.3) is 0 Å². The molecule has 0 bridgehead atoms. The molecule has 2 aromatic heterocycles. The van der Waals surface area contributed by atoms with Gasteiger partial charge in [0.15, 0.2) is 5.82 Å². The van der Waals surface area contributed by atoms with Crippen molar-refractivity contribution in [1.29, 1.82) is 0 Å². The maximum absolute atomic E-state index is 5.94. The molecule has 108 valence electrons. The van der Waals surface area contributed by atoms with Gasteiger partial charge >= 0.3 is 0 Å². The van der Waals surface area contributed by atoms with Gasteiger partial charge in [-0.05, 0) is 12.8 Å². The number of ether oxygens (including phenoxy) is 1. The Kier molecular flexibility index (Phi) is 5.76. The fraction of sp³-hybridized carbons (Fsp3) is 0.462. The molecule has 0 unspecified atom stereocenters. The lowest BCUT2D eigenvalue weighted by Crippen LogP contribution is -2.07. The molecule has 0 spiro atoms. The number of nitrogens with one attached hydrogen (secondary N) is 1. The average Bonchev–Trinajstić information content (AvgIpc) is 2.91. The molecule has 2 rings (SSSR count). The zero-order chi connectivity index (χ0) is 14.2. The molecule has 6 nitrogen and oxygen atoms in total. The van der Waals surface area contributed by atoms with Crippen molar-refractivity contribution in [2.75, 3.05) is 19.0 Å². The van der Waals surface area contributed by atoms with Gasteiger partial charge < -0.3 is 14.6 Å². The number of imidazole rings is 1. The van der Waals surface area contributed by atoms with Crippen LogP contribution in [0.3, 0.4) is 0 Å². The molecule has 20 heavy (non-hydrogen) atoms. The second-order valence-electron chi connectivity index (χ2n) is 4.36. The Balaban J connectivity index is 1.73. The van der Waals surface area contributed by atoms with Crippen LogP contribution in [-0.2, 0) is 17.9 Å². The van der Waals surface area contributed by atoms with Gasteiger partial charge in [-0.2, -0.15) is 0 Å². The Morgan fingerprint density at radius 1 is 1.35 bits per heavy atom. The van der Waals surface area contributed by atoms with Crippen LogP contribution in [-0.4, -0.2) is 33.2 Å². The molecule has 0 aliphatic heterocycles. The van der Waals surface area contributed by atoms with Gasteiger partial charge in [-0.3, -0.25) is 0 Å². The number of anilines is 1. The fourth-order valence-corrected chi connectivity index (χ4v) is 2.00. The van der Waals surface area contributed by atoms with Crippen molar-refractivity contribution < 1.29 is 4.74 Å². The molecule has 0 aliphatic carbocycles. The first kappa shape index (κ1) is 14.7. The van der Waals surface area contributed by atoms with E-state index >= 15 is 0 Å². The van der Waals surface area contributed by atoms with E-state index in [0.717, 1.165) is 31.7 Å². The van der Waals surface area contributed by atoms with Crippen molar-refractivity contribution in [2.24, 2.45) is 0 Å². The van der Waals surface area contributed by atoms with Gasteiger partial charge in [0.05, 0.1) is 6.33 Å². The van der Waals surface area contributed by atoms with E-state index in [4.69, 9.17) is 16.3 Å². The minimum atomic E-state index is 0.357. The van der Waals surface area contributed by atoms with E-state index in [2.05, 4.69) is 24.8 Å². The molecule has 0 amide bonds. The number of aromatic nitrogens is 4. The van der Waals surface area contributed by atoms with Crippen LogP contribution in [0.25, 0.3) is 0 Å². The van der Waals surface area contributed by atoms with E-state index in [1.165, 1.54) is 0 Å². The van der Waals surface area contributed by atoms with Crippen molar-refractivity contribution in [1.82, 2.24) is 19.5 Å². The maximum atomic E-state index is 5.94. The third-order valence-corrected chi connectivity index (χ3v) is 2.92. The summed E-state index contributed by atoms with van der Waals surface area (Å²) in [4.78, 5) is 12.4. The quantitative estimate of drug-likeness (QED) is 0.598. The molecule has 0 aromatic carbocycles. The first-order valence-electron chi connectivity index (χ1n) is 6.50. The average molecular weight is 296 g/mol. The van der Waals surface area contributed by atoms with Gasteiger partial charge in [-0.1, -0.05) is 11.6 Å². The van der Waals surface area contributed by atoms with E-state index in [-0.39, 0.29) is 0 Å². The molecule has 0 fully saturated rings. The monoisotopic (exact) mass is 295 g/mol. The van der Waals surface area contributed by atoms with Crippen molar-refractivity contribution in [3.63, 3.8) is 0 Å². The standard InChI is InChI=1S/C13H18ClN5O/c1-20-9-13-17-11(14)8-12(18-13)16-4-2-3-6-19-7-5-15-10-19/h5,7-8,10H,2-4,6,9H2,1H3,(H,16,17,18). The third kappa shape index (κ3) is 4.79. The Hall–Kier alpha value is -1.66. The van der Waals surface area contributed by atoms with Gasteiger partial charge in [0.1, 0.15) is 17.6 Å². The van der Waals surface area contributed by atoms with Crippen molar-refractivity contribution >= 4 is 17.4 Å². The summed E-state index contributed by atoms with van der Waals surface area (Å²) >= 11 is 5.94. The molecule has 2 heterocycles. The van der Waals surface area contributed by atoms with Crippen LogP contribution in [0.4, 0.5) is 5.82 Å². The van der Waals surface area contributed by atoms with Crippen LogP contribution in [0.5, 0.6) is 0 Å². The van der Waals surface area contributed by atoms with Crippen LogP contribution in [0.15, 0.2) is 24.8 Å². The number of hydrogen-bond donors (Lipinski definition) is 1. The van der Waals surface area contributed by atoms with Gasteiger partial charge in [-0.15, -0.1) is 0 Å². The van der Waals surface area contributed by atoms with E-state index in [1.54, 1.807) is 19.4 Å². The largest absolute Gasteiger partial charge is 0.377 e. The van der Waals surface area contributed by atoms with Gasteiger partial charge in [0, 0.05) is 38.7 Å². The molecular formula is C13H18ClN5O. The Labute approximate surface area is 123 Å². The van der Waals surface area contributed by atoms with Crippen LogP contribution < -0.4 is 5.32 Å². The molecule has 1 N–H and O–H groups in total. The first-order chi connectivity index (χ1) is 9.78. The SMILES string of the molecule is COCc1nc(Cl)cc(NCCCCn2ccnc2)n1. The van der Waals surface area contributed by atoms with E-state index in [1.807, 2.05) is 12.5 Å². The summed E-state index contributed by atoms with van der Waals surface area (Å²) in [5.74, 6) is 1.32. The number of hydrogen-bond acceptors (Lipinski definition) is 5. The third-order valence-electron chi connectivity index (χ3n) is 2.72. The summed E-state index contributed by atoms with van der Waals surface area (Å²) < 4.78 is 7.07. The van der Waals surface area contributed by atoms with Crippen molar-refractivity contribution in [3.8, 4) is 0 Å². The molecule has 0 radical (unpaired) electrons. The highest BCUT2D eigenvalue weighted by atomic mass is 35.5. The Bertz CT molecular complexity index is 517. The van der Waals surface area contributed by atoms with E-state index in [9.17, 15) is 0 Å². The van der Waals surface area contributed by atoms with Crippen molar-refractivity contribution in [2.45, 2.75) is 26.0 Å². The normalized spacial score (nSPS) is 10.7. The number of rotatable bonds is 8. The van der Waals surface area contributed by atoms with Crippen LogP contribution in [0.2, 0.25) is 5.15 Å². The zero-order valence-electron chi connectivity index (χ0n) is 11.4. The second-order valence-corrected chi connectivity index (χ2v) is 4.75. The van der Waals surface area contributed by atoms with E-state index < -0.39 is 0 Å². The lowest BCUT2D eigenvalue weighted by Gasteiger charge is -2.08. The first-order valence-corrected chi connectivity index (χ1v) is 6.88. The Morgan fingerprint density at radius 3 is 3.00 bits per heavy atom. The molecule has 0 saturated carbocycles. The molecule has 0 atom stereocenters. The minimum absolute atomic E-state index is 0.357. The Morgan fingerprint density at radius 2 is 2.25 bits per heavy atom. The highest BCUT2D eigenvalue weighted by Gasteiger charge is 2.02. The summed E-state index contributed by atoms with van der Waals surface area (Å²) in [6.07, 6.45) is 7.70. The summed E-state index contributed by atoms with van der Waals surface area (Å²) in [7, 11) is 1.60. The summed E-state index contributed by atoms with van der Waals surface area (Å²) in [6, 6.07) is 1.72. The second kappa shape index (κ2) is 7.81. The molecule has 0 saturated heterocycles. The van der Waals surface area contributed by atoms with Crippen molar-refractivity contribution in [3.05, 3.63) is 35.8 Å². The summed E-state index contributed by atoms with van der Waals surface area (Å²) in [5.41, 5.74) is 0. The van der Waals surface area contributed by atoms with Crippen LogP contribution in [0.1, 0.15) is 18.7 Å². The highest BCUT2D eigenvalue weighted by Crippen LogP contribution is 2.12. The number of halogens is 1. The number of unbranched alkanes of at least 4 members (excludes halogenated alkanes) is 1. The predicted octanol–water partition coefficient (Wildman–Crippen LogP) is 2.37. The smallest absolute Gasteiger partial charge is 0.158 e. The summed E-state index contributed by atoms with van der Waals surface area (Å²) in [5, 5.41) is 3.67. The fourth-order valence-electron chi connectivity index (χ4n) is 1.80. The van der Waals surface area contributed by atoms with Gasteiger partial charge in [-0.25, -0.2) is 15.0 Å². The zero-order valence-corrected chi connectivity index (χ0v) is 12.2. The number of aryl methyl sites for hydroxylation is 1. The molecule has 0 aliphatic rings. The number of nitrogens with zero attached hydrogens (tertiary/aromatic N) is 4. The van der Waals surface area contributed by atoms with Crippen LogP contribution in [0, 0.1) is 0 Å². The topological polar surface area (TPSA) is 64.9 Å².